The topological polar surface area (TPSA) is 77.5 Å². The molecule has 3 aromatic rings. The van der Waals surface area contributed by atoms with Gasteiger partial charge in [-0.3, -0.25) is 9.78 Å². The van der Waals surface area contributed by atoms with E-state index in [1.807, 2.05) is 12.1 Å². The number of nitrogens with one attached hydrogen (secondary N) is 1. The molecule has 0 saturated heterocycles. The lowest BCUT2D eigenvalue weighted by atomic mass is 9.92. The van der Waals surface area contributed by atoms with Gasteiger partial charge in [0.25, 0.3) is 0 Å². The Morgan fingerprint density at radius 3 is 2.75 bits per heavy atom. The van der Waals surface area contributed by atoms with E-state index in [2.05, 4.69) is 16.4 Å². The van der Waals surface area contributed by atoms with E-state index in [1.165, 1.54) is 7.11 Å². The van der Waals surface area contributed by atoms with Crippen LogP contribution in [0.3, 0.4) is 0 Å². The Balaban J connectivity index is 1.83. The summed E-state index contributed by atoms with van der Waals surface area (Å²) in [4.78, 5) is 28.8. The number of nitrogens with zero attached hydrogens (tertiary/aromatic N) is 1. The van der Waals surface area contributed by atoms with Gasteiger partial charge in [0.1, 0.15) is 11.4 Å². The van der Waals surface area contributed by atoms with Gasteiger partial charge in [-0.05, 0) is 58.7 Å². The average molecular weight is 449 g/mol. The molecule has 6 nitrogen and oxygen atoms in total. The molecule has 0 spiro atoms. The van der Waals surface area contributed by atoms with Gasteiger partial charge in [0.2, 0.25) is 0 Å². The number of aromatic nitrogens is 1. The molecule has 0 aliphatic carbocycles. The van der Waals surface area contributed by atoms with Gasteiger partial charge in [0, 0.05) is 41.5 Å². The average Bonchev–Trinajstić information content (AvgIpc) is 3.30. The highest BCUT2D eigenvalue weighted by molar-refractivity contribution is 6.31. The molecule has 0 bridgehead atoms. The maximum atomic E-state index is 12.9. The van der Waals surface area contributed by atoms with E-state index in [0.717, 1.165) is 29.6 Å². The first kappa shape index (κ1) is 21.6. The van der Waals surface area contributed by atoms with E-state index in [9.17, 15) is 9.59 Å². The van der Waals surface area contributed by atoms with Crippen LogP contribution in [0.4, 0.5) is 0 Å². The van der Waals surface area contributed by atoms with Gasteiger partial charge in [-0.1, -0.05) is 23.7 Å². The predicted octanol–water partition coefficient (Wildman–Crippen LogP) is 4.20. The van der Waals surface area contributed by atoms with Crippen molar-refractivity contribution in [1.29, 1.82) is 0 Å². The molecule has 32 heavy (non-hydrogen) atoms. The molecule has 1 aromatic heterocycles. The minimum absolute atomic E-state index is 0.223. The second-order valence-electron chi connectivity index (χ2n) is 7.22. The van der Waals surface area contributed by atoms with Crippen molar-refractivity contribution in [3.8, 4) is 5.75 Å². The fourth-order valence-electron chi connectivity index (χ4n) is 3.71. The first-order chi connectivity index (χ1) is 15.6. The van der Waals surface area contributed by atoms with Gasteiger partial charge in [0.05, 0.1) is 13.7 Å². The van der Waals surface area contributed by atoms with Crippen molar-refractivity contribution in [2.75, 3.05) is 13.7 Å². The summed E-state index contributed by atoms with van der Waals surface area (Å²) in [7, 11) is 1.32. The predicted molar refractivity (Wildman–Crippen MR) is 122 cm³/mol. The Kier molecular flexibility index (Phi) is 6.52. The molecule has 162 valence electrons. The molecule has 0 saturated carbocycles. The van der Waals surface area contributed by atoms with Crippen LogP contribution in [0.15, 0.2) is 66.6 Å². The van der Waals surface area contributed by atoms with Crippen LogP contribution in [0.5, 0.6) is 5.75 Å². The Morgan fingerprint density at radius 1 is 1.19 bits per heavy atom. The molecule has 2 heterocycles. The molecule has 0 atom stereocenters. The number of hydrogen-bond donors (Lipinski definition) is 1. The van der Waals surface area contributed by atoms with Crippen molar-refractivity contribution < 1.29 is 19.1 Å². The van der Waals surface area contributed by atoms with Crippen LogP contribution in [-0.2, 0) is 22.5 Å². The molecule has 4 rings (SSSR count). The number of benzene rings is 2. The summed E-state index contributed by atoms with van der Waals surface area (Å²) in [6.07, 6.45) is 4.84. The zero-order valence-electron chi connectivity index (χ0n) is 17.4. The molecule has 1 aliphatic rings. The number of esters is 1. The van der Waals surface area contributed by atoms with Crippen LogP contribution in [0, 0.1) is 0 Å². The van der Waals surface area contributed by atoms with E-state index in [1.54, 1.807) is 42.7 Å². The third-order valence-corrected chi connectivity index (χ3v) is 5.48. The molecule has 0 radical (unpaired) electrons. The van der Waals surface area contributed by atoms with Crippen molar-refractivity contribution >= 4 is 29.4 Å². The van der Waals surface area contributed by atoms with Crippen molar-refractivity contribution in [2.24, 2.45) is 0 Å². The van der Waals surface area contributed by atoms with Crippen molar-refractivity contribution in [2.45, 2.75) is 13.0 Å². The number of rotatable bonds is 7. The molecular formula is C25H21ClN2O4. The van der Waals surface area contributed by atoms with E-state index >= 15 is 0 Å². The third-order valence-electron chi connectivity index (χ3n) is 5.24. The molecule has 0 amide bonds. The van der Waals surface area contributed by atoms with E-state index in [4.69, 9.17) is 21.1 Å². The summed E-state index contributed by atoms with van der Waals surface area (Å²) in [6, 6.07) is 14.4. The Labute approximate surface area is 190 Å². The highest BCUT2D eigenvalue weighted by atomic mass is 35.5. The van der Waals surface area contributed by atoms with Gasteiger partial charge in [0.15, 0.2) is 6.29 Å². The first-order valence-electron chi connectivity index (χ1n) is 10.1. The van der Waals surface area contributed by atoms with E-state index in [-0.39, 0.29) is 5.70 Å². The zero-order valence-corrected chi connectivity index (χ0v) is 18.2. The highest BCUT2D eigenvalue weighted by Gasteiger charge is 2.22. The fraction of sp³-hybridized carbons (Fsp3) is 0.160. The second-order valence-corrected chi connectivity index (χ2v) is 7.66. The highest BCUT2D eigenvalue weighted by Crippen LogP contribution is 2.31. The third kappa shape index (κ3) is 4.50. The minimum atomic E-state index is -0.557. The lowest BCUT2D eigenvalue weighted by Gasteiger charge is -2.18. The van der Waals surface area contributed by atoms with Gasteiger partial charge >= 0.3 is 5.97 Å². The van der Waals surface area contributed by atoms with Crippen LogP contribution in [0.2, 0.25) is 5.02 Å². The maximum absolute atomic E-state index is 12.9. The van der Waals surface area contributed by atoms with Crippen molar-refractivity contribution in [3.63, 3.8) is 0 Å². The standard InChI is InChI=1S/C25H21ClN2O4/c1-31-25(30)24(28-14-16-2-5-22-18(12-16)8-11-32-22)23(17-6-9-27-10-7-17)21-13-20(26)4-3-19(21)15-29/h2-7,9-10,12-13,15,28H,8,11,14H2,1H3/b24-23-. The van der Waals surface area contributed by atoms with Crippen LogP contribution in [0.1, 0.15) is 32.6 Å². The first-order valence-corrected chi connectivity index (χ1v) is 10.4. The fourth-order valence-corrected chi connectivity index (χ4v) is 3.88. The quantitative estimate of drug-likeness (QED) is 0.331. The molecule has 0 fully saturated rings. The van der Waals surface area contributed by atoms with Crippen LogP contribution < -0.4 is 10.1 Å². The van der Waals surface area contributed by atoms with Gasteiger partial charge < -0.3 is 14.8 Å². The maximum Gasteiger partial charge on any atom is 0.354 e. The number of hydrogen-bond acceptors (Lipinski definition) is 6. The molecule has 2 aromatic carbocycles. The molecule has 1 aliphatic heterocycles. The minimum Gasteiger partial charge on any atom is -0.493 e. The Bertz CT molecular complexity index is 1190. The summed E-state index contributed by atoms with van der Waals surface area (Å²) >= 11 is 6.25. The van der Waals surface area contributed by atoms with Gasteiger partial charge in [-0.2, -0.15) is 0 Å². The largest absolute Gasteiger partial charge is 0.493 e. The SMILES string of the molecule is COC(=O)/C(NCc1ccc2c(c1)CCO2)=C(\c1ccncc1)c1cc(Cl)ccc1C=O. The number of carbonyl (C=O) groups excluding carboxylic acids is 2. The summed E-state index contributed by atoms with van der Waals surface area (Å²) in [5, 5.41) is 3.68. The molecule has 0 unspecified atom stereocenters. The van der Waals surface area contributed by atoms with Crippen molar-refractivity contribution in [1.82, 2.24) is 10.3 Å². The normalized spacial score (nSPS) is 12.9. The Hall–Kier alpha value is -3.64. The number of pyridine rings is 1. The van der Waals surface area contributed by atoms with Crippen molar-refractivity contribution in [3.05, 3.63) is 99.5 Å². The van der Waals surface area contributed by atoms with Gasteiger partial charge in [-0.15, -0.1) is 0 Å². The monoisotopic (exact) mass is 448 g/mol. The molecular weight excluding hydrogens is 428 g/mol. The number of fused-ring (bicyclic) bond motifs is 1. The molecule has 1 N–H and O–H groups in total. The van der Waals surface area contributed by atoms with Gasteiger partial charge in [-0.25, -0.2) is 4.79 Å². The lowest BCUT2D eigenvalue weighted by Crippen LogP contribution is -2.24. The van der Waals surface area contributed by atoms with E-state index in [0.29, 0.717) is 40.4 Å². The molecule has 7 heteroatoms. The van der Waals surface area contributed by atoms with Crippen LogP contribution in [-0.4, -0.2) is 31.0 Å². The number of ether oxygens (including phenoxy) is 2. The summed E-state index contributed by atoms with van der Waals surface area (Å²) in [5.74, 6) is 0.336. The smallest absolute Gasteiger partial charge is 0.354 e. The second kappa shape index (κ2) is 9.66. The number of aldehydes is 1. The van der Waals surface area contributed by atoms with Crippen LogP contribution >= 0.6 is 11.6 Å². The number of halogens is 1. The summed E-state index contributed by atoms with van der Waals surface area (Å²) in [5.41, 5.74) is 4.48. The lowest BCUT2D eigenvalue weighted by molar-refractivity contribution is -0.136. The number of methoxy groups -OCH3 is 1. The Morgan fingerprint density at radius 2 is 2.00 bits per heavy atom. The van der Waals surface area contributed by atoms with Crippen LogP contribution in [0.25, 0.3) is 5.57 Å². The summed E-state index contributed by atoms with van der Waals surface area (Å²) < 4.78 is 10.7. The summed E-state index contributed by atoms with van der Waals surface area (Å²) in [6.45, 7) is 1.05. The number of carbonyl (C=O) groups is 2. The zero-order chi connectivity index (χ0) is 22.5. The van der Waals surface area contributed by atoms with E-state index < -0.39 is 5.97 Å².